The first-order valence-electron chi connectivity index (χ1n) is 6.80. The molecule has 0 aliphatic carbocycles. The molecule has 0 radical (unpaired) electrons. The van der Waals surface area contributed by atoms with Crippen molar-refractivity contribution in [1.82, 2.24) is 4.98 Å². The smallest absolute Gasteiger partial charge is 0.198 e. The maximum atomic E-state index is 10.0. The summed E-state index contributed by atoms with van der Waals surface area (Å²) in [7, 11) is 0. The molecule has 0 saturated heterocycles. The van der Waals surface area contributed by atoms with Crippen LogP contribution in [0.5, 0.6) is 5.88 Å². The van der Waals surface area contributed by atoms with Crippen molar-refractivity contribution in [3.8, 4) is 5.88 Å². The first-order chi connectivity index (χ1) is 10.2. The maximum absolute atomic E-state index is 10.0. The summed E-state index contributed by atoms with van der Waals surface area (Å²) in [4.78, 5) is 7.40. The van der Waals surface area contributed by atoms with Crippen molar-refractivity contribution < 1.29 is 5.11 Å². The molecule has 1 aromatic heterocycles. The number of aromatic nitrogens is 1. The van der Waals surface area contributed by atoms with Crippen LogP contribution in [0.3, 0.4) is 0 Å². The number of hydrogen-bond acceptors (Lipinski definition) is 2. The molecular formula is C17H15BrN2O. The molecule has 0 saturated carbocycles. The van der Waals surface area contributed by atoms with Gasteiger partial charge in [0.15, 0.2) is 5.88 Å². The molecule has 0 aliphatic rings. The van der Waals surface area contributed by atoms with E-state index in [4.69, 9.17) is 0 Å². The third-order valence-corrected chi connectivity index (χ3v) is 3.96. The molecule has 3 nitrogen and oxygen atoms in total. The predicted molar refractivity (Wildman–Crippen MR) is 90.7 cm³/mol. The van der Waals surface area contributed by atoms with E-state index in [1.54, 1.807) is 6.21 Å². The highest BCUT2D eigenvalue weighted by Crippen LogP contribution is 2.28. The first-order valence-corrected chi connectivity index (χ1v) is 7.60. The van der Waals surface area contributed by atoms with E-state index in [2.05, 4.69) is 45.0 Å². The molecule has 0 fully saturated rings. The lowest BCUT2D eigenvalue weighted by molar-refractivity contribution is 0.457. The molecule has 0 amide bonds. The van der Waals surface area contributed by atoms with Crippen LogP contribution in [-0.2, 0) is 6.42 Å². The normalized spacial score (nSPS) is 11.5. The Hall–Kier alpha value is -2.07. The predicted octanol–water partition coefficient (Wildman–Crippen LogP) is 4.95. The minimum Gasteiger partial charge on any atom is -0.494 e. The Morgan fingerprint density at radius 3 is 2.67 bits per heavy atom. The summed E-state index contributed by atoms with van der Waals surface area (Å²) >= 11 is 3.45. The van der Waals surface area contributed by atoms with Crippen LogP contribution in [0.1, 0.15) is 18.1 Å². The third kappa shape index (κ3) is 2.85. The molecule has 106 valence electrons. The Balaban J connectivity index is 1.98. The van der Waals surface area contributed by atoms with Gasteiger partial charge in [-0.05, 0) is 42.3 Å². The average Bonchev–Trinajstić information content (AvgIpc) is 2.80. The molecular weight excluding hydrogens is 328 g/mol. The first kappa shape index (κ1) is 13.9. The average molecular weight is 343 g/mol. The second-order valence-electron chi connectivity index (χ2n) is 4.86. The summed E-state index contributed by atoms with van der Waals surface area (Å²) in [6, 6.07) is 13.9. The number of aryl methyl sites for hydroxylation is 1. The third-order valence-electron chi connectivity index (χ3n) is 3.47. The zero-order chi connectivity index (χ0) is 14.8. The van der Waals surface area contributed by atoms with Gasteiger partial charge in [-0.3, -0.25) is 4.99 Å². The quantitative estimate of drug-likeness (QED) is 0.650. The van der Waals surface area contributed by atoms with Gasteiger partial charge in [0.05, 0.1) is 11.3 Å². The monoisotopic (exact) mass is 342 g/mol. The van der Waals surface area contributed by atoms with Crippen LogP contribution >= 0.6 is 15.9 Å². The van der Waals surface area contributed by atoms with Gasteiger partial charge in [0.2, 0.25) is 0 Å². The highest BCUT2D eigenvalue weighted by Gasteiger charge is 2.08. The molecule has 0 atom stereocenters. The van der Waals surface area contributed by atoms with E-state index in [1.807, 2.05) is 30.3 Å². The number of aromatic hydroxyl groups is 1. The van der Waals surface area contributed by atoms with Gasteiger partial charge in [0, 0.05) is 21.6 Å². The highest BCUT2D eigenvalue weighted by molar-refractivity contribution is 9.10. The number of benzene rings is 2. The molecule has 2 aromatic carbocycles. The van der Waals surface area contributed by atoms with Crippen LogP contribution in [0.2, 0.25) is 0 Å². The fraction of sp³-hybridized carbons (Fsp3) is 0.118. The van der Waals surface area contributed by atoms with Crippen LogP contribution in [0.15, 0.2) is 51.9 Å². The Kier molecular flexibility index (Phi) is 3.80. The Labute approximate surface area is 131 Å². The van der Waals surface area contributed by atoms with Gasteiger partial charge in [-0.1, -0.05) is 35.0 Å². The van der Waals surface area contributed by atoms with E-state index in [-0.39, 0.29) is 5.88 Å². The number of hydrogen-bond donors (Lipinski definition) is 2. The van der Waals surface area contributed by atoms with Crippen molar-refractivity contribution in [1.29, 1.82) is 0 Å². The van der Waals surface area contributed by atoms with Crippen molar-refractivity contribution in [3.63, 3.8) is 0 Å². The minimum atomic E-state index is 0.136. The summed E-state index contributed by atoms with van der Waals surface area (Å²) in [6.07, 6.45) is 2.71. The van der Waals surface area contributed by atoms with Crippen molar-refractivity contribution >= 4 is 38.7 Å². The van der Waals surface area contributed by atoms with Gasteiger partial charge in [0.25, 0.3) is 0 Å². The van der Waals surface area contributed by atoms with Gasteiger partial charge in [0.1, 0.15) is 0 Å². The fourth-order valence-electron chi connectivity index (χ4n) is 2.26. The molecule has 0 unspecified atom stereocenters. The summed E-state index contributed by atoms with van der Waals surface area (Å²) in [5.41, 5.74) is 3.74. The molecule has 3 rings (SSSR count). The van der Waals surface area contributed by atoms with Crippen LogP contribution in [-0.4, -0.2) is 16.3 Å². The van der Waals surface area contributed by atoms with Gasteiger partial charge in [-0.2, -0.15) is 0 Å². The number of fused-ring (bicyclic) bond motifs is 1. The summed E-state index contributed by atoms with van der Waals surface area (Å²) in [5, 5.41) is 11.0. The molecule has 0 aliphatic heterocycles. The van der Waals surface area contributed by atoms with Gasteiger partial charge >= 0.3 is 0 Å². The Morgan fingerprint density at radius 1 is 1.19 bits per heavy atom. The topological polar surface area (TPSA) is 48.4 Å². The number of H-pyrrole nitrogens is 1. The summed E-state index contributed by atoms with van der Waals surface area (Å²) < 4.78 is 0.968. The molecule has 2 N–H and O–H groups in total. The number of aliphatic imine (C=N–C) groups is 1. The zero-order valence-corrected chi connectivity index (χ0v) is 13.2. The number of nitrogens with one attached hydrogen (secondary N) is 1. The zero-order valence-electron chi connectivity index (χ0n) is 11.6. The molecule has 3 aromatic rings. The van der Waals surface area contributed by atoms with Crippen molar-refractivity contribution in [3.05, 3.63) is 58.1 Å². The van der Waals surface area contributed by atoms with Crippen LogP contribution < -0.4 is 0 Å². The summed E-state index contributed by atoms with van der Waals surface area (Å²) in [5.74, 6) is 0.136. The second-order valence-corrected chi connectivity index (χ2v) is 5.77. The van der Waals surface area contributed by atoms with Crippen LogP contribution in [0.25, 0.3) is 10.9 Å². The van der Waals surface area contributed by atoms with Crippen LogP contribution in [0, 0.1) is 0 Å². The maximum Gasteiger partial charge on any atom is 0.198 e. The van der Waals surface area contributed by atoms with Gasteiger partial charge < -0.3 is 10.1 Å². The van der Waals surface area contributed by atoms with Crippen LogP contribution in [0.4, 0.5) is 5.69 Å². The van der Waals surface area contributed by atoms with Gasteiger partial charge in [-0.25, -0.2) is 0 Å². The van der Waals surface area contributed by atoms with Crippen molar-refractivity contribution in [2.24, 2.45) is 4.99 Å². The lowest BCUT2D eigenvalue weighted by Crippen LogP contribution is -1.80. The fourth-order valence-corrected chi connectivity index (χ4v) is 2.62. The van der Waals surface area contributed by atoms with E-state index in [9.17, 15) is 5.11 Å². The largest absolute Gasteiger partial charge is 0.494 e. The molecule has 1 heterocycles. The molecule has 21 heavy (non-hydrogen) atoms. The van der Waals surface area contributed by atoms with E-state index in [1.165, 1.54) is 5.56 Å². The number of rotatable bonds is 3. The Bertz CT molecular complexity index is 804. The van der Waals surface area contributed by atoms with E-state index in [0.717, 1.165) is 27.5 Å². The second kappa shape index (κ2) is 5.74. The number of aromatic amines is 1. The summed E-state index contributed by atoms with van der Waals surface area (Å²) in [6.45, 7) is 2.13. The Morgan fingerprint density at radius 2 is 1.95 bits per heavy atom. The molecule has 0 bridgehead atoms. The highest BCUT2D eigenvalue weighted by atomic mass is 79.9. The number of nitrogens with zero attached hydrogens (tertiary/aromatic N) is 1. The van der Waals surface area contributed by atoms with Crippen molar-refractivity contribution in [2.45, 2.75) is 13.3 Å². The standard InChI is InChI=1S/C17H15BrN2O/c1-2-11-3-6-13(7-4-11)19-10-15-14-9-12(18)5-8-16(14)20-17(15)21/h3-10,20-21H,2H2,1H3. The lowest BCUT2D eigenvalue weighted by atomic mass is 10.1. The molecule has 0 spiro atoms. The van der Waals surface area contributed by atoms with E-state index < -0.39 is 0 Å². The van der Waals surface area contributed by atoms with E-state index in [0.29, 0.717) is 5.56 Å². The van der Waals surface area contributed by atoms with Crippen molar-refractivity contribution in [2.75, 3.05) is 0 Å². The number of halogens is 1. The molecule has 4 heteroatoms. The van der Waals surface area contributed by atoms with Gasteiger partial charge in [-0.15, -0.1) is 0 Å². The van der Waals surface area contributed by atoms with E-state index >= 15 is 0 Å². The SMILES string of the molecule is CCc1ccc(N=Cc2c(O)[nH]c3ccc(Br)cc23)cc1. The minimum absolute atomic E-state index is 0.136. The lowest BCUT2D eigenvalue weighted by Gasteiger charge is -1.97.